The Balaban J connectivity index is 2.46. The molecule has 1 aliphatic rings. The first-order valence-electron chi connectivity index (χ1n) is 3.38. The number of hydrogen-bond donors (Lipinski definition) is 1. The van der Waals surface area contributed by atoms with Gasteiger partial charge in [0.15, 0.2) is 6.10 Å². The molecular formula is C6H9F3O2. The highest BCUT2D eigenvalue weighted by Crippen LogP contribution is 2.28. The Morgan fingerprint density at radius 3 is 2.45 bits per heavy atom. The second-order valence-electron chi connectivity index (χ2n) is 2.54. The molecule has 2 atom stereocenters. The fraction of sp³-hybridized carbons (Fsp3) is 1.00. The van der Waals surface area contributed by atoms with E-state index in [-0.39, 0.29) is 0 Å². The van der Waals surface area contributed by atoms with Crippen molar-refractivity contribution in [3.63, 3.8) is 0 Å². The molecule has 1 heterocycles. The van der Waals surface area contributed by atoms with Crippen LogP contribution in [0.25, 0.3) is 0 Å². The van der Waals surface area contributed by atoms with Gasteiger partial charge in [-0.1, -0.05) is 0 Å². The molecule has 0 saturated carbocycles. The fourth-order valence-corrected chi connectivity index (χ4v) is 1.06. The highest BCUT2D eigenvalue weighted by Gasteiger charge is 2.45. The van der Waals surface area contributed by atoms with Crippen molar-refractivity contribution >= 4 is 0 Å². The minimum Gasteiger partial charge on any atom is -0.381 e. The van der Waals surface area contributed by atoms with Gasteiger partial charge in [0.2, 0.25) is 0 Å². The average Bonchev–Trinajstić information content (AvgIpc) is 2.34. The van der Waals surface area contributed by atoms with Crippen LogP contribution < -0.4 is 0 Å². The summed E-state index contributed by atoms with van der Waals surface area (Å²) < 4.78 is 40.0. The van der Waals surface area contributed by atoms with E-state index in [4.69, 9.17) is 5.11 Å². The molecule has 1 N–H and O–H groups in total. The SMILES string of the molecule is O[C@@H](C1CCCO1)C(F)(F)F. The molecule has 11 heavy (non-hydrogen) atoms. The van der Waals surface area contributed by atoms with Gasteiger partial charge in [-0.05, 0) is 12.8 Å². The van der Waals surface area contributed by atoms with Crippen LogP contribution in [0.1, 0.15) is 12.8 Å². The van der Waals surface area contributed by atoms with Crippen molar-refractivity contribution in [2.24, 2.45) is 0 Å². The number of alkyl halides is 3. The molecule has 0 aromatic carbocycles. The molecule has 0 radical (unpaired) electrons. The number of halogens is 3. The summed E-state index contributed by atoms with van der Waals surface area (Å²) in [7, 11) is 0. The van der Waals surface area contributed by atoms with Crippen molar-refractivity contribution in [1.29, 1.82) is 0 Å². The Hall–Kier alpha value is -0.290. The Labute approximate surface area is 62.0 Å². The predicted octanol–water partition coefficient (Wildman–Crippen LogP) is 1.09. The summed E-state index contributed by atoms with van der Waals surface area (Å²) in [6, 6.07) is 0. The summed E-state index contributed by atoms with van der Waals surface area (Å²) in [5, 5.41) is 8.64. The molecule has 1 fully saturated rings. The molecule has 1 aliphatic heterocycles. The first kappa shape index (κ1) is 8.80. The Morgan fingerprint density at radius 2 is 2.09 bits per heavy atom. The quantitative estimate of drug-likeness (QED) is 0.638. The maximum absolute atomic E-state index is 11.8. The fourth-order valence-electron chi connectivity index (χ4n) is 1.06. The van der Waals surface area contributed by atoms with E-state index in [2.05, 4.69) is 4.74 Å². The lowest BCUT2D eigenvalue weighted by molar-refractivity contribution is -0.230. The van der Waals surface area contributed by atoms with Gasteiger partial charge in [-0.2, -0.15) is 13.2 Å². The molecule has 0 bridgehead atoms. The van der Waals surface area contributed by atoms with Crippen LogP contribution in [0.5, 0.6) is 0 Å². The van der Waals surface area contributed by atoms with Crippen molar-refractivity contribution in [3.8, 4) is 0 Å². The van der Waals surface area contributed by atoms with Gasteiger partial charge in [-0.3, -0.25) is 0 Å². The van der Waals surface area contributed by atoms with Crippen molar-refractivity contribution in [3.05, 3.63) is 0 Å². The molecule has 0 amide bonds. The Kier molecular flexibility index (Phi) is 2.39. The topological polar surface area (TPSA) is 29.5 Å². The van der Waals surface area contributed by atoms with E-state index in [0.717, 1.165) is 0 Å². The highest BCUT2D eigenvalue weighted by atomic mass is 19.4. The lowest BCUT2D eigenvalue weighted by Crippen LogP contribution is -2.39. The van der Waals surface area contributed by atoms with Gasteiger partial charge in [0, 0.05) is 6.61 Å². The molecule has 1 unspecified atom stereocenters. The standard InChI is InChI=1S/C6H9F3O2/c7-6(8,9)5(10)4-2-1-3-11-4/h4-5,10H,1-3H2/t4?,5-/m0/s1. The van der Waals surface area contributed by atoms with Crippen LogP contribution in [0.2, 0.25) is 0 Å². The molecule has 0 aromatic heterocycles. The van der Waals surface area contributed by atoms with Gasteiger partial charge in [-0.15, -0.1) is 0 Å². The third kappa shape index (κ3) is 2.07. The van der Waals surface area contributed by atoms with Gasteiger partial charge < -0.3 is 9.84 Å². The van der Waals surface area contributed by atoms with Gasteiger partial charge in [0.25, 0.3) is 0 Å². The van der Waals surface area contributed by atoms with E-state index in [9.17, 15) is 13.2 Å². The lowest BCUT2D eigenvalue weighted by Gasteiger charge is -2.19. The Morgan fingerprint density at radius 1 is 1.45 bits per heavy atom. The number of rotatable bonds is 1. The predicted molar refractivity (Wildman–Crippen MR) is 31.0 cm³/mol. The van der Waals surface area contributed by atoms with Crippen LogP contribution in [0.15, 0.2) is 0 Å². The average molecular weight is 170 g/mol. The third-order valence-electron chi connectivity index (χ3n) is 1.65. The van der Waals surface area contributed by atoms with E-state index in [1.54, 1.807) is 0 Å². The maximum Gasteiger partial charge on any atom is 0.416 e. The summed E-state index contributed by atoms with van der Waals surface area (Å²) in [6.45, 7) is 0.317. The molecule has 66 valence electrons. The second kappa shape index (κ2) is 2.98. The molecule has 1 saturated heterocycles. The first-order valence-corrected chi connectivity index (χ1v) is 3.38. The van der Waals surface area contributed by atoms with E-state index in [0.29, 0.717) is 19.4 Å². The van der Waals surface area contributed by atoms with Crippen LogP contribution >= 0.6 is 0 Å². The summed E-state index contributed by atoms with van der Waals surface area (Å²) in [5.41, 5.74) is 0. The Bertz CT molecular complexity index is 128. The number of hydrogen-bond acceptors (Lipinski definition) is 2. The van der Waals surface area contributed by atoms with Crippen LogP contribution in [-0.2, 0) is 4.74 Å². The smallest absolute Gasteiger partial charge is 0.381 e. The minimum absolute atomic E-state index is 0.292. The minimum atomic E-state index is -4.55. The number of aliphatic hydroxyl groups excluding tert-OH is 1. The van der Waals surface area contributed by atoms with Crippen LogP contribution in [0, 0.1) is 0 Å². The van der Waals surface area contributed by atoms with Crippen molar-refractivity contribution in [1.82, 2.24) is 0 Å². The molecule has 0 aromatic rings. The van der Waals surface area contributed by atoms with Gasteiger partial charge in [-0.25, -0.2) is 0 Å². The van der Waals surface area contributed by atoms with E-state index >= 15 is 0 Å². The summed E-state index contributed by atoms with van der Waals surface area (Å²) in [5.74, 6) is 0. The molecule has 0 aliphatic carbocycles. The van der Waals surface area contributed by atoms with Gasteiger partial charge in [0.1, 0.15) is 0 Å². The number of ether oxygens (including phenoxy) is 1. The van der Waals surface area contributed by atoms with Crippen molar-refractivity contribution in [2.45, 2.75) is 31.2 Å². The van der Waals surface area contributed by atoms with E-state index in [1.807, 2.05) is 0 Å². The normalized spacial score (nSPS) is 28.9. The van der Waals surface area contributed by atoms with Gasteiger partial charge in [0.05, 0.1) is 6.10 Å². The zero-order valence-corrected chi connectivity index (χ0v) is 5.77. The highest BCUT2D eigenvalue weighted by molar-refractivity contribution is 4.78. The van der Waals surface area contributed by atoms with Crippen molar-refractivity contribution in [2.75, 3.05) is 6.61 Å². The zero-order valence-electron chi connectivity index (χ0n) is 5.77. The largest absolute Gasteiger partial charge is 0.416 e. The van der Waals surface area contributed by atoms with Crippen molar-refractivity contribution < 1.29 is 23.0 Å². The van der Waals surface area contributed by atoms with Crippen LogP contribution in [0.3, 0.4) is 0 Å². The van der Waals surface area contributed by atoms with Gasteiger partial charge >= 0.3 is 6.18 Å². The lowest BCUT2D eigenvalue weighted by atomic mass is 10.1. The monoisotopic (exact) mass is 170 g/mol. The maximum atomic E-state index is 11.8. The first-order chi connectivity index (χ1) is 5.02. The molecular weight excluding hydrogens is 161 g/mol. The number of aliphatic hydroxyl groups is 1. The summed E-state index contributed by atoms with van der Waals surface area (Å²) in [4.78, 5) is 0. The van der Waals surface area contributed by atoms with E-state index in [1.165, 1.54) is 0 Å². The van der Waals surface area contributed by atoms with Crippen LogP contribution in [0.4, 0.5) is 13.2 Å². The molecule has 0 spiro atoms. The molecule has 1 rings (SSSR count). The van der Waals surface area contributed by atoms with Crippen LogP contribution in [-0.4, -0.2) is 30.1 Å². The second-order valence-corrected chi connectivity index (χ2v) is 2.54. The zero-order chi connectivity index (χ0) is 8.48. The van der Waals surface area contributed by atoms with E-state index < -0.39 is 18.4 Å². The summed E-state index contributed by atoms with van der Waals surface area (Å²) in [6.07, 6.45) is -7.02. The molecule has 2 nitrogen and oxygen atoms in total. The third-order valence-corrected chi connectivity index (χ3v) is 1.65. The molecule has 5 heteroatoms. The summed E-state index contributed by atoms with van der Waals surface area (Å²) >= 11 is 0.